The van der Waals surface area contributed by atoms with Gasteiger partial charge in [0.1, 0.15) is 0 Å². The molecule has 0 aliphatic carbocycles. The highest BCUT2D eigenvalue weighted by atomic mass is 16.1. The largest absolute Gasteiger partial charge is 0.284 e. The Labute approximate surface area is 82.4 Å². The van der Waals surface area contributed by atoms with Gasteiger partial charge < -0.3 is 0 Å². The Morgan fingerprint density at radius 1 is 1.00 bits per heavy atom. The summed E-state index contributed by atoms with van der Waals surface area (Å²) in [6.07, 6.45) is 1.78. The average molecular weight is 185 g/mol. The molecule has 2 rings (SSSR count). The van der Waals surface area contributed by atoms with Gasteiger partial charge in [0.25, 0.3) is 5.56 Å². The lowest BCUT2D eigenvalue weighted by atomic mass is 10.2. The molecular formula is C12H11NO. The van der Waals surface area contributed by atoms with Gasteiger partial charge in [-0.2, -0.15) is 0 Å². The minimum absolute atomic E-state index is 0.0405. The second-order valence-electron chi connectivity index (χ2n) is 3.20. The SMILES string of the molecule is Cc1cccn(-c2ccccc2)c1=O. The predicted molar refractivity (Wildman–Crippen MR) is 56.8 cm³/mol. The molecule has 0 radical (unpaired) electrons. The second kappa shape index (κ2) is 3.50. The number of pyridine rings is 1. The van der Waals surface area contributed by atoms with Crippen molar-refractivity contribution in [2.24, 2.45) is 0 Å². The molecule has 1 aromatic carbocycles. The average Bonchev–Trinajstić information content (AvgIpc) is 2.23. The standard InChI is InChI=1S/C12H11NO/c1-10-6-5-9-13(12(10)14)11-7-3-2-4-8-11/h2-9H,1H3. The number of aromatic nitrogens is 1. The van der Waals surface area contributed by atoms with Crippen LogP contribution in [-0.4, -0.2) is 4.57 Å². The molecule has 0 spiro atoms. The van der Waals surface area contributed by atoms with Crippen LogP contribution in [0.3, 0.4) is 0 Å². The number of aryl methyl sites for hydroxylation is 1. The number of hydrogen-bond acceptors (Lipinski definition) is 1. The zero-order valence-electron chi connectivity index (χ0n) is 7.97. The first-order valence-corrected chi connectivity index (χ1v) is 4.53. The van der Waals surface area contributed by atoms with E-state index in [4.69, 9.17) is 0 Å². The smallest absolute Gasteiger partial charge is 0.257 e. The highest BCUT2D eigenvalue weighted by Crippen LogP contribution is 2.03. The lowest BCUT2D eigenvalue weighted by Gasteiger charge is -2.05. The molecule has 0 N–H and O–H groups in total. The van der Waals surface area contributed by atoms with E-state index in [1.165, 1.54) is 0 Å². The van der Waals surface area contributed by atoms with Gasteiger partial charge in [0, 0.05) is 17.4 Å². The van der Waals surface area contributed by atoms with Gasteiger partial charge in [0.05, 0.1) is 0 Å². The van der Waals surface area contributed by atoms with E-state index in [9.17, 15) is 4.79 Å². The third-order valence-corrected chi connectivity index (χ3v) is 2.17. The molecule has 1 aromatic heterocycles. The fourth-order valence-electron chi connectivity index (χ4n) is 1.39. The van der Waals surface area contributed by atoms with Crippen molar-refractivity contribution >= 4 is 0 Å². The van der Waals surface area contributed by atoms with E-state index < -0.39 is 0 Å². The highest BCUT2D eigenvalue weighted by Gasteiger charge is 1.99. The van der Waals surface area contributed by atoms with Gasteiger partial charge in [0.15, 0.2) is 0 Å². The molecular weight excluding hydrogens is 174 g/mol. The zero-order valence-corrected chi connectivity index (χ0v) is 7.97. The Morgan fingerprint density at radius 2 is 1.71 bits per heavy atom. The number of nitrogens with zero attached hydrogens (tertiary/aromatic N) is 1. The molecule has 0 aliphatic heterocycles. The van der Waals surface area contributed by atoms with Crippen molar-refractivity contribution in [3.63, 3.8) is 0 Å². The van der Waals surface area contributed by atoms with Crippen LogP contribution in [0, 0.1) is 6.92 Å². The zero-order chi connectivity index (χ0) is 9.97. The summed E-state index contributed by atoms with van der Waals surface area (Å²) >= 11 is 0. The van der Waals surface area contributed by atoms with Gasteiger partial charge in [-0.3, -0.25) is 9.36 Å². The van der Waals surface area contributed by atoms with E-state index in [1.807, 2.05) is 49.4 Å². The minimum Gasteiger partial charge on any atom is -0.284 e. The summed E-state index contributed by atoms with van der Waals surface area (Å²) in [5.41, 5.74) is 1.70. The molecule has 2 nitrogen and oxygen atoms in total. The first kappa shape index (κ1) is 8.75. The molecule has 14 heavy (non-hydrogen) atoms. The lowest BCUT2D eigenvalue weighted by Crippen LogP contribution is -2.19. The summed E-state index contributed by atoms with van der Waals surface area (Å²) in [5.74, 6) is 0. The van der Waals surface area contributed by atoms with Crippen LogP contribution >= 0.6 is 0 Å². The van der Waals surface area contributed by atoms with Crippen LogP contribution in [0.1, 0.15) is 5.56 Å². The van der Waals surface area contributed by atoms with Gasteiger partial charge in [-0.05, 0) is 25.1 Å². The van der Waals surface area contributed by atoms with Crippen LogP contribution in [0.2, 0.25) is 0 Å². The summed E-state index contributed by atoms with van der Waals surface area (Å²) in [6, 6.07) is 13.3. The van der Waals surface area contributed by atoms with Gasteiger partial charge >= 0.3 is 0 Å². The maximum absolute atomic E-state index is 11.7. The summed E-state index contributed by atoms with van der Waals surface area (Å²) in [7, 11) is 0. The Balaban J connectivity index is 2.64. The summed E-state index contributed by atoms with van der Waals surface area (Å²) in [5, 5.41) is 0. The van der Waals surface area contributed by atoms with Crippen LogP contribution in [0.15, 0.2) is 53.5 Å². The fourth-order valence-corrected chi connectivity index (χ4v) is 1.39. The molecule has 0 saturated heterocycles. The predicted octanol–water partition coefficient (Wildman–Crippen LogP) is 2.15. The Hall–Kier alpha value is -1.83. The second-order valence-corrected chi connectivity index (χ2v) is 3.20. The first-order chi connectivity index (χ1) is 6.79. The third kappa shape index (κ3) is 1.46. The van der Waals surface area contributed by atoms with Crippen molar-refractivity contribution < 1.29 is 0 Å². The normalized spacial score (nSPS) is 10.1. The quantitative estimate of drug-likeness (QED) is 0.667. The van der Waals surface area contributed by atoms with Crippen molar-refractivity contribution in [2.75, 3.05) is 0 Å². The number of para-hydroxylation sites is 1. The van der Waals surface area contributed by atoms with Crippen LogP contribution in [0.25, 0.3) is 5.69 Å². The van der Waals surface area contributed by atoms with Crippen molar-refractivity contribution in [1.82, 2.24) is 4.57 Å². The lowest BCUT2D eigenvalue weighted by molar-refractivity contribution is 0.971. The summed E-state index contributed by atoms with van der Waals surface area (Å²) in [4.78, 5) is 11.7. The van der Waals surface area contributed by atoms with Gasteiger partial charge in [0.2, 0.25) is 0 Å². The number of rotatable bonds is 1. The molecule has 0 amide bonds. The monoisotopic (exact) mass is 185 g/mol. The maximum atomic E-state index is 11.7. The molecule has 0 bridgehead atoms. The van der Waals surface area contributed by atoms with Crippen molar-refractivity contribution in [1.29, 1.82) is 0 Å². The van der Waals surface area contributed by atoms with Crippen LogP contribution in [0.5, 0.6) is 0 Å². The van der Waals surface area contributed by atoms with E-state index in [2.05, 4.69) is 0 Å². The summed E-state index contributed by atoms with van der Waals surface area (Å²) < 4.78 is 1.65. The van der Waals surface area contributed by atoms with Crippen molar-refractivity contribution in [2.45, 2.75) is 6.92 Å². The van der Waals surface area contributed by atoms with Crippen LogP contribution < -0.4 is 5.56 Å². The Morgan fingerprint density at radius 3 is 2.43 bits per heavy atom. The molecule has 0 unspecified atom stereocenters. The van der Waals surface area contributed by atoms with E-state index in [0.29, 0.717) is 0 Å². The summed E-state index contributed by atoms with van der Waals surface area (Å²) in [6.45, 7) is 1.82. The van der Waals surface area contributed by atoms with Crippen LogP contribution in [-0.2, 0) is 0 Å². The molecule has 0 aliphatic rings. The molecule has 0 atom stereocenters. The topological polar surface area (TPSA) is 22.0 Å². The molecule has 0 fully saturated rings. The van der Waals surface area contributed by atoms with Crippen molar-refractivity contribution in [3.8, 4) is 5.69 Å². The fraction of sp³-hybridized carbons (Fsp3) is 0.0833. The van der Waals surface area contributed by atoms with E-state index in [-0.39, 0.29) is 5.56 Å². The molecule has 1 heterocycles. The Bertz CT molecular complexity index is 485. The van der Waals surface area contributed by atoms with E-state index in [1.54, 1.807) is 10.8 Å². The molecule has 70 valence electrons. The molecule has 0 saturated carbocycles. The van der Waals surface area contributed by atoms with Gasteiger partial charge in [-0.25, -0.2) is 0 Å². The number of benzene rings is 1. The third-order valence-electron chi connectivity index (χ3n) is 2.17. The van der Waals surface area contributed by atoms with E-state index in [0.717, 1.165) is 11.3 Å². The van der Waals surface area contributed by atoms with Crippen molar-refractivity contribution in [3.05, 3.63) is 64.6 Å². The number of hydrogen-bond donors (Lipinski definition) is 0. The minimum atomic E-state index is 0.0405. The van der Waals surface area contributed by atoms with Gasteiger partial charge in [-0.15, -0.1) is 0 Å². The molecule has 2 aromatic rings. The maximum Gasteiger partial charge on any atom is 0.257 e. The first-order valence-electron chi connectivity index (χ1n) is 4.53. The highest BCUT2D eigenvalue weighted by molar-refractivity contribution is 5.32. The Kier molecular flexibility index (Phi) is 2.19. The molecule has 2 heteroatoms. The van der Waals surface area contributed by atoms with Crippen LogP contribution in [0.4, 0.5) is 0 Å². The van der Waals surface area contributed by atoms with Gasteiger partial charge in [-0.1, -0.05) is 24.3 Å². The van der Waals surface area contributed by atoms with E-state index >= 15 is 0 Å².